The summed E-state index contributed by atoms with van der Waals surface area (Å²) in [4.78, 5) is 28.4. The summed E-state index contributed by atoms with van der Waals surface area (Å²) >= 11 is 0. The number of benzene rings is 4. The van der Waals surface area contributed by atoms with Crippen molar-refractivity contribution in [3.05, 3.63) is 149 Å². The summed E-state index contributed by atoms with van der Waals surface area (Å²) in [6, 6.07) is 29.2. The molecule has 3 fully saturated rings. The molecule has 6 aliphatic heterocycles. The van der Waals surface area contributed by atoms with Crippen LogP contribution in [0.15, 0.2) is 127 Å². The number of hydrogen-bond donors (Lipinski definition) is 7. The van der Waals surface area contributed by atoms with Gasteiger partial charge in [0.2, 0.25) is 0 Å². The van der Waals surface area contributed by atoms with E-state index in [1.807, 2.05) is 36.4 Å². The molecule has 13 heteroatoms. The average Bonchev–Trinajstić information content (AvgIpc) is 4.19. The second kappa shape index (κ2) is 32.0. The van der Waals surface area contributed by atoms with Crippen molar-refractivity contribution in [2.75, 3.05) is 114 Å². The Kier molecular flexibility index (Phi) is 27.4. The van der Waals surface area contributed by atoms with Gasteiger partial charge in [0, 0.05) is 117 Å². The van der Waals surface area contributed by atoms with E-state index in [9.17, 15) is 9.59 Å². The number of amides is 1. The summed E-state index contributed by atoms with van der Waals surface area (Å²) in [5, 5.41) is 22.3. The summed E-state index contributed by atoms with van der Waals surface area (Å²) in [6.45, 7) is 24.9. The summed E-state index contributed by atoms with van der Waals surface area (Å²) in [7, 11) is 5.15. The lowest BCUT2D eigenvalue weighted by Crippen LogP contribution is -2.43. The molecule has 0 saturated carbocycles. The van der Waals surface area contributed by atoms with Crippen molar-refractivity contribution in [2.24, 2.45) is 0 Å². The number of nitrogens with zero attached hydrogens (tertiary/aromatic N) is 2. The summed E-state index contributed by atoms with van der Waals surface area (Å²) in [5.74, 6) is 0.250. The Labute approximate surface area is 415 Å². The highest BCUT2D eigenvalue weighted by Gasteiger charge is 2.16. The SMILES string of the molecule is C.C.C.C1CCNC1.C=C1Cc2cc(NC(=O)c3ccc(C(=O)OC)cc3)ccc2N1.C=C1Cc2cc(OC)ccc2N1.CC1=CC(C)NC1.CN1CCNCC1.c1ccc(N2CCNCC2)cc1. The summed E-state index contributed by atoms with van der Waals surface area (Å²) in [5.41, 5.74) is 11.0. The van der Waals surface area contributed by atoms with Crippen LogP contribution >= 0.6 is 0 Å². The van der Waals surface area contributed by atoms with Gasteiger partial charge >= 0.3 is 5.97 Å². The largest absolute Gasteiger partial charge is 0.497 e. The van der Waals surface area contributed by atoms with Crippen LogP contribution in [0.3, 0.4) is 0 Å². The van der Waals surface area contributed by atoms with Crippen molar-refractivity contribution in [3.8, 4) is 5.75 Å². The highest BCUT2D eigenvalue weighted by molar-refractivity contribution is 6.05. The molecule has 0 spiro atoms. The van der Waals surface area contributed by atoms with Crippen LogP contribution in [0.5, 0.6) is 5.75 Å². The van der Waals surface area contributed by atoms with Crippen molar-refractivity contribution < 1.29 is 19.1 Å². The molecule has 13 nitrogen and oxygen atoms in total. The van der Waals surface area contributed by atoms with Gasteiger partial charge in [0.05, 0.1) is 19.8 Å². The molecule has 378 valence electrons. The van der Waals surface area contributed by atoms with Crippen LogP contribution in [0.1, 0.15) is 80.8 Å². The number of methoxy groups -OCH3 is 2. The zero-order chi connectivity index (χ0) is 47.1. The number of allylic oxidation sites excluding steroid dienone is 2. The van der Waals surface area contributed by atoms with Crippen LogP contribution < -0.4 is 46.9 Å². The Morgan fingerprint density at radius 2 is 1.22 bits per heavy atom. The lowest BCUT2D eigenvalue weighted by molar-refractivity contribution is 0.0600. The molecule has 6 heterocycles. The number of ether oxygens (including phenoxy) is 2. The Morgan fingerprint density at radius 3 is 1.68 bits per heavy atom. The molecule has 10 rings (SSSR count). The van der Waals surface area contributed by atoms with E-state index in [1.165, 1.54) is 63.0 Å². The van der Waals surface area contributed by atoms with E-state index >= 15 is 0 Å². The van der Waals surface area contributed by atoms with Crippen molar-refractivity contribution in [1.29, 1.82) is 0 Å². The van der Waals surface area contributed by atoms with Gasteiger partial charge in [-0.05, 0) is 131 Å². The van der Waals surface area contributed by atoms with Gasteiger partial charge in [0.25, 0.3) is 5.91 Å². The van der Waals surface area contributed by atoms with E-state index in [4.69, 9.17) is 4.74 Å². The number of esters is 1. The normalized spacial score (nSPS) is 17.0. The minimum atomic E-state index is -0.427. The first-order chi connectivity index (χ1) is 32.0. The van der Waals surface area contributed by atoms with E-state index in [0.29, 0.717) is 17.2 Å². The molecule has 69 heavy (non-hydrogen) atoms. The van der Waals surface area contributed by atoms with Crippen LogP contribution in [0, 0.1) is 0 Å². The minimum absolute atomic E-state index is 0. The number of nitrogens with one attached hydrogen (secondary N) is 7. The Balaban J connectivity index is 0.000000304. The van der Waals surface area contributed by atoms with Gasteiger partial charge in [-0.3, -0.25) is 4.79 Å². The number of piperazine rings is 2. The third kappa shape index (κ3) is 20.7. The number of anilines is 4. The standard InChI is InChI=1S/C18H16N2O3.C10H14N2.C10H11NO.C6H11N.C5H12N2.C4H9N.3CH4/c1-11-9-14-10-15(7-8-16(14)19-11)20-17(21)12-3-5-13(6-4-12)18(22)23-2;1-2-4-10(5-3-1)12-8-6-11-7-9-12;1-7-5-8-6-9(12-2)3-4-10(8)11-7;1-5-3-6(2)7-4-5;1-7-4-2-6-3-5-7;1-2-4-5-3-1;;;/h3-8,10,19H,1,9H2,2H3,(H,20,21);1-5,11H,6-9H2;3-4,6,11H,1,5H2,2H3;3,6-7H,4H2,1-2H3;6H,2-5H2,1H3;5H,1-4H2;3*1H4. The maximum atomic E-state index is 12.3. The lowest BCUT2D eigenvalue weighted by atomic mass is 10.1. The Bertz CT molecular complexity index is 2170. The number of para-hydroxylation sites is 1. The molecule has 1 unspecified atom stereocenters. The second-order valence-corrected chi connectivity index (χ2v) is 17.0. The third-order valence-electron chi connectivity index (χ3n) is 11.4. The molecule has 0 radical (unpaired) electrons. The fourth-order valence-corrected chi connectivity index (χ4v) is 7.74. The third-order valence-corrected chi connectivity index (χ3v) is 11.4. The lowest BCUT2D eigenvalue weighted by Gasteiger charge is -2.29. The van der Waals surface area contributed by atoms with Gasteiger partial charge in [-0.2, -0.15) is 0 Å². The molecule has 4 aromatic rings. The van der Waals surface area contributed by atoms with E-state index in [0.717, 1.165) is 98.4 Å². The van der Waals surface area contributed by atoms with Crippen LogP contribution in [0.2, 0.25) is 0 Å². The zero-order valence-electron chi connectivity index (χ0n) is 39.9. The molecule has 6 aliphatic rings. The zero-order valence-corrected chi connectivity index (χ0v) is 39.9. The molecule has 7 N–H and O–H groups in total. The van der Waals surface area contributed by atoms with E-state index in [2.05, 4.69) is 122 Å². The summed E-state index contributed by atoms with van der Waals surface area (Å²) < 4.78 is 9.75. The van der Waals surface area contributed by atoms with Crippen LogP contribution in [-0.4, -0.2) is 116 Å². The second-order valence-electron chi connectivity index (χ2n) is 17.0. The number of carbonyl (C=O) groups is 2. The molecule has 3 saturated heterocycles. The van der Waals surface area contributed by atoms with E-state index in [-0.39, 0.29) is 28.2 Å². The van der Waals surface area contributed by atoms with Crippen molar-refractivity contribution in [3.63, 3.8) is 0 Å². The first kappa shape index (κ1) is 59.2. The van der Waals surface area contributed by atoms with Crippen molar-refractivity contribution in [2.45, 2.75) is 67.9 Å². The molecular formula is C56H85N9O4. The van der Waals surface area contributed by atoms with Crippen molar-refractivity contribution in [1.82, 2.24) is 26.2 Å². The Hall–Kier alpha value is -5.96. The van der Waals surface area contributed by atoms with Crippen LogP contribution in [-0.2, 0) is 17.6 Å². The minimum Gasteiger partial charge on any atom is -0.497 e. The molecule has 1 amide bonds. The topological polar surface area (TPSA) is 143 Å². The maximum Gasteiger partial charge on any atom is 0.337 e. The van der Waals surface area contributed by atoms with Gasteiger partial charge in [-0.15, -0.1) is 0 Å². The molecular weight excluding hydrogens is 863 g/mol. The van der Waals surface area contributed by atoms with E-state index < -0.39 is 5.97 Å². The predicted molar refractivity (Wildman–Crippen MR) is 294 cm³/mol. The van der Waals surface area contributed by atoms with Crippen LogP contribution in [0.25, 0.3) is 0 Å². The van der Waals surface area contributed by atoms with Gasteiger partial charge in [0.1, 0.15) is 5.75 Å². The number of likely N-dealkylation sites (N-methyl/N-ethyl adjacent to an activating group) is 1. The average molecular weight is 948 g/mol. The molecule has 0 aliphatic carbocycles. The molecule has 0 aromatic heterocycles. The fraction of sp³-hybridized carbons (Fsp3) is 0.429. The highest BCUT2D eigenvalue weighted by atomic mass is 16.5. The number of carbonyl (C=O) groups excluding carboxylic acids is 2. The number of rotatable bonds is 5. The molecule has 0 bridgehead atoms. The molecule has 1 atom stereocenters. The summed E-state index contributed by atoms with van der Waals surface area (Å²) in [6.07, 6.45) is 6.69. The fourth-order valence-electron chi connectivity index (χ4n) is 7.74. The number of hydrogen-bond acceptors (Lipinski definition) is 12. The van der Waals surface area contributed by atoms with Gasteiger partial charge in [-0.25, -0.2) is 4.79 Å². The first-order valence-corrected chi connectivity index (χ1v) is 23.2. The number of fused-ring (bicyclic) bond motifs is 2. The first-order valence-electron chi connectivity index (χ1n) is 23.2. The van der Waals surface area contributed by atoms with Gasteiger partial charge in [0.15, 0.2) is 0 Å². The quantitative estimate of drug-likeness (QED) is 0.0758. The van der Waals surface area contributed by atoms with E-state index in [1.54, 1.807) is 31.4 Å². The Morgan fingerprint density at radius 1 is 0.681 bits per heavy atom. The van der Waals surface area contributed by atoms with Crippen LogP contribution in [0.4, 0.5) is 22.7 Å². The molecule has 4 aromatic carbocycles. The van der Waals surface area contributed by atoms with Crippen molar-refractivity contribution >= 4 is 34.6 Å². The smallest absolute Gasteiger partial charge is 0.337 e. The monoisotopic (exact) mass is 948 g/mol. The predicted octanol–water partition coefficient (Wildman–Crippen LogP) is 9.20. The maximum absolute atomic E-state index is 12.3. The van der Waals surface area contributed by atoms with Gasteiger partial charge < -0.3 is 56.5 Å². The highest BCUT2D eigenvalue weighted by Crippen LogP contribution is 2.31. The van der Waals surface area contributed by atoms with Gasteiger partial charge in [-0.1, -0.05) is 65.3 Å².